The maximum atomic E-state index is 12.3. The third kappa shape index (κ3) is 4.32. The Morgan fingerprint density at radius 2 is 1.56 bits per heavy atom. The molecule has 1 amide bonds. The van der Waals surface area contributed by atoms with Crippen molar-refractivity contribution in [3.8, 4) is 0 Å². The van der Waals surface area contributed by atoms with Crippen molar-refractivity contribution in [3.05, 3.63) is 89.2 Å². The lowest BCUT2D eigenvalue weighted by molar-refractivity contribution is 0.100. The number of guanidine groups is 1. The summed E-state index contributed by atoms with van der Waals surface area (Å²) in [7, 11) is 0. The molecule has 1 aromatic heterocycles. The van der Waals surface area contributed by atoms with Crippen LogP contribution in [0, 0.1) is 0 Å². The Kier molecular flexibility index (Phi) is 4.89. The van der Waals surface area contributed by atoms with Crippen molar-refractivity contribution in [1.82, 2.24) is 9.78 Å². The molecule has 0 unspecified atom stereocenters. The fraction of sp³-hybridized carbons (Fsp3) is 0.105. The van der Waals surface area contributed by atoms with E-state index in [-0.39, 0.29) is 5.96 Å². The fourth-order valence-electron chi connectivity index (χ4n) is 2.59. The number of rotatable bonds is 5. The third-order valence-electron chi connectivity index (χ3n) is 3.70. The van der Waals surface area contributed by atoms with Crippen molar-refractivity contribution < 1.29 is 4.79 Å². The van der Waals surface area contributed by atoms with Gasteiger partial charge in [0.1, 0.15) is 0 Å². The largest absolute Gasteiger partial charge is 0.370 e. The van der Waals surface area contributed by atoms with E-state index in [0.717, 1.165) is 11.1 Å². The van der Waals surface area contributed by atoms with Crippen LogP contribution in [0.3, 0.4) is 0 Å². The van der Waals surface area contributed by atoms with Gasteiger partial charge < -0.3 is 11.5 Å². The van der Waals surface area contributed by atoms with Crippen molar-refractivity contribution in [2.45, 2.75) is 13.0 Å². The number of nitrogens with two attached hydrogens (primary N) is 2. The van der Waals surface area contributed by atoms with E-state index in [9.17, 15) is 4.79 Å². The van der Waals surface area contributed by atoms with Gasteiger partial charge in [0.05, 0.1) is 17.8 Å². The van der Waals surface area contributed by atoms with Crippen LogP contribution in [0.2, 0.25) is 0 Å². The topological polar surface area (TPSA) is 99.3 Å². The van der Waals surface area contributed by atoms with Gasteiger partial charge in [-0.3, -0.25) is 9.48 Å². The number of carbonyl (C=O) groups excluding carboxylic acids is 1. The van der Waals surface area contributed by atoms with Crippen molar-refractivity contribution in [2.75, 3.05) is 0 Å². The van der Waals surface area contributed by atoms with E-state index in [1.807, 2.05) is 60.7 Å². The van der Waals surface area contributed by atoms with E-state index in [1.165, 1.54) is 0 Å². The van der Waals surface area contributed by atoms with Gasteiger partial charge in [0.25, 0.3) is 5.91 Å². The maximum Gasteiger partial charge on any atom is 0.283 e. The highest BCUT2D eigenvalue weighted by molar-refractivity contribution is 6.02. The molecule has 0 aliphatic heterocycles. The van der Waals surface area contributed by atoms with Gasteiger partial charge in [-0.15, -0.1) is 0 Å². The number of aliphatic imine (C=N–C) groups is 1. The van der Waals surface area contributed by atoms with Gasteiger partial charge in [0.15, 0.2) is 5.96 Å². The Bertz CT molecular complexity index is 881. The van der Waals surface area contributed by atoms with Crippen LogP contribution in [0.15, 0.2) is 71.9 Å². The summed E-state index contributed by atoms with van der Waals surface area (Å²) in [5.41, 5.74) is 13.9. The molecule has 0 atom stereocenters. The van der Waals surface area contributed by atoms with Gasteiger partial charge in [-0.05, 0) is 11.1 Å². The Hall–Kier alpha value is -3.41. The molecule has 0 bridgehead atoms. The highest BCUT2D eigenvalue weighted by Gasteiger charge is 2.17. The summed E-state index contributed by atoms with van der Waals surface area (Å²) in [4.78, 5) is 16.0. The van der Waals surface area contributed by atoms with E-state index in [2.05, 4.69) is 10.1 Å². The lowest BCUT2D eigenvalue weighted by atomic mass is 10.1. The quantitative estimate of drug-likeness (QED) is 0.550. The summed E-state index contributed by atoms with van der Waals surface area (Å²) in [6.07, 6.45) is 2.23. The number of benzene rings is 2. The first-order valence-electron chi connectivity index (χ1n) is 7.90. The summed E-state index contributed by atoms with van der Waals surface area (Å²) in [6.45, 7) is 0.567. The molecule has 0 saturated heterocycles. The van der Waals surface area contributed by atoms with Gasteiger partial charge in [-0.2, -0.15) is 10.1 Å². The zero-order chi connectivity index (χ0) is 17.6. The lowest BCUT2D eigenvalue weighted by Gasteiger charge is -2.01. The molecular weight excluding hydrogens is 314 g/mol. The number of carbonyl (C=O) groups is 1. The molecule has 2 aromatic carbocycles. The molecule has 1 heterocycles. The summed E-state index contributed by atoms with van der Waals surface area (Å²) in [6, 6.07) is 19.7. The zero-order valence-electron chi connectivity index (χ0n) is 13.7. The van der Waals surface area contributed by atoms with E-state index in [0.29, 0.717) is 24.2 Å². The van der Waals surface area contributed by atoms with Crippen molar-refractivity contribution >= 4 is 11.9 Å². The van der Waals surface area contributed by atoms with Crippen molar-refractivity contribution in [1.29, 1.82) is 0 Å². The van der Waals surface area contributed by atoms with Crippen LogP contribution in [0.1, 0.15) is 27.2 Å². The van der Waals surface area contributed by atoms with Crippen LogP contribution in [0.25, 0.3) is 0 Å². The van der Waals surface area contributed by atoms with Gasteiger partial charge in [-0.1, -0.05) is 60.7 Å². The first-order chi connectivity index (χ1) is 12.1. The monoisotopic (exact) mass is 333 g/mol. The number of nitrogens with zero attached hydrogens (tertiary/aromatic N) is 3. The second-order valence-electron chi connectivity index (χ2n) is 5.68. The summed E-state index contributed by atoms with van der Waals surface area (Å²) in [5.74, 6) is -0.739. The van der Waals surface area contributed by atoms with Crippen LogP contribution in [0.4, 0.5) is 0 Å². The van der Waals surface area contributed by atoms with Crippen LogP contribution in [-0.4, -0.2) is 21.6 Å². The summed E-state index contributed by atoms with van der Waals surface area (Å²) >= 11 is 0. The zero-order valence-corrected chi connectivity index (χ0v) is 13.7. The maximum absolute atomic E-state index is 12.3. The molecule has 0 aliphatic rings. The van der Waals surface area contributed by atoms with E-state index >= 15 is 0 Å². The highest BCUT2D eigenvalue weighted by Crippen LogP contribution is 2.15. The minimum absolute atomic E-state index is 0.258. The molecule has 6 nitrogen and oxygen atoms in total. The Labute approximate surface area is 145 Å². The first-order valence-corrected chi connectivity index (χ1v) is 7.90. The summed E-state index contributed by atoms with van der Waals surface area (Å²) < 4.78 is 1.74. The second kappa shape index (κ2) is 7.44. The molecule has 3 rings (SSSR count). The average molecular weight is 333 g/mol. The molecule has 0 fully saturated rings. The van der Waals surface area contributed by atoms with Crippen molar-refractivity contribution in [2.24, 2.45) is 16.5 Å². The van der Waals surface area contributed by atoms with E-state index in [1.54, 1.807) is 10.9 Å². The van der Waals surface area contributed by atoms with Gasteiger partial charge >= 0.3 is 0 Å². The van der Waals surface area contributed by atoms with Gasteiger partial charge in [0.2, 0.25) is 0 Å². The fourth-order valence-corrected chi connectivity index (χ4v) is 2.59. The molecule has 0 saturated carbocycles. The number of hydrogen-bond donors (Lipinski definition) is 2. The summed E-state index contributed by atoms with van der Waals surface area (Å²) in [5, 5.41) is 4.57. The Balaban J connectivity index is 1.93. The molecule has 0 radical (unpaired) electrons. The highest BCUT2D eigenvalue weighted by atomic mass is 16.1. The molecular formula is C19H19N5O. The van der Waals surface area contributed by atoms with Crippen molar-refractivity contribution in [3.63, 3.8) is 0 Å². The smallest absolute Gasteiger partial charge is 0.283 e. The van der Waals surface area contributed by atoms with Crippen LogP contribution >= 0.6 is 0 Å². The van der Waals surface area contributed by atoms with Gasteiger partial charge in [0, 0.05) is 12.6 Å². The minimum atomic E-state index is -0.481. The van der Waals surface area contributed by atoms with E-state index < -0.39 is 5.91 Å². The minimum Gasteiger partial charge on any atom is -0.370 e. The third-order valence-corrected chi connectivity index (χ3v) is 3.70. The predicted molar refractivity (Wildman–Crippen MR) is 97.2 cm³/mol. The average Bonchev–Trinajstić information content (AvgIpc) is 2.98. The Morgan fingerprint density at radius 3 is 2.16 bits per heavy atom. The molecule has 6 heteroatoms. The standard InChI is InChI=1S/C19H19N5O/c20-19(21)22-18(25)16-13-24(12-15-9-5-2-6-10-15)23-17(16)11-14-7-3-1-4-8-14/h1-10,13H,11-12H2,(H4,20,21,22,25). The predicted octanol–water partition coefficient (Wildman–Crippen LogP) is 1.94. The SMILES string of the molecule is NC(N)=NC(=O)c1cn(Cc2ccccc2)nc1Cc1ccccc1. The Morgan fingerprint density at radius 1 is 0.960 bits per heavy atom. The molecule has 0 aliphatic carbocycles. The van der Waals surface area contributed by atoms with Crippen LogP contribution in [0.5, 0.6) is 0 Å². The van der Waals surface area contributed by atoms with Crippen LogP contribution in [-0.2, 0) is 13.0 Å². The van der Waals surface area contributed by atoms with E-state index in [4.69, 9.17) is 11.5 Å². The number of amides is 1. The van der Waals surface area contributed by atoms with Crippen LogP contribution < -0.4 is 11.5 Å². The lowest BCUT2D eigenvalue weighted by Crippen LogP contribution is -2.24. The number of aromatic nitrogens is 2. The molecule has 0 spiro atoms. The first kappa shape index (κ1) is 16.4. The second-order valence-corrected chi connectivity index (χ2v) is 5.68. The molecule has 3 aromatic rings. The normalized spacial score (nSPS) is 10.4. The molecule has 25 heavy (non-hydrogen) atoms. The molecule has 126 valence electrons. The molecule has 4 N–H and O–H groups in total. The number of hydrogen-bond acceptors (Lipinski definition) is 2. The van der Waals surface area contributed by atoms with Gasteiger partial charge in [-0.25, -0.2) is 0 Å².